The van der Waals surface area contributed by atoms with Crippen LogP contribution in [0.25, 0.3) is 0 Å². The molecule has 0 saturated carbocycles. The summed E-state index contributed by atoms with van der Waals surface area (Å²) in [6, 6.07) is 0. The second-order valence-corrected chi connectivity index (χ2v) is 2.78. The Kier molecular flexibility index (Phi) is 5.32. The van der Waals surface area contributed by atoms with Crippen LogP contribution in [-0.2, 0) is 4.79 Å². The van der Waals surface area contributed by atoms with Gasteiger partial charge in [-0.2, -0.15) is 13.2 Å². The highest BCUT2D eigenvalue weighted by Gasteiger charge is 2.38. The molecule has 17 heavy (non-hydrogen) atoms. The first-order valence-corrected chi connectivity index (χ1v) is 4.10. The fraction of sp³-hybridized carbons (Fsp3) is 0.143. The largest absolute Gasteiger partial charge is 0.490 e. The minimum absolute atomic E-state index is 0.0764. The lowest BCUT2D eigenvalue weighted by molar-refractivity contribution is -0.192. The molecule has 0 saturated heterocycles. The maximum absolute atomic E-state index is 10.6. The molecule has 1 heterocycles. The van der Waals surface area contributed by atoms with E-state index in [1.165, 1.54) is 12.4 Å². The van der Waals surface area contributed by atoms with Gasteiger partial charge in [0.1, 0.15) is 10.8 Å². The van der Waals surface area contributed by atoms with Crippen molar-refractivity contribution < 1.29 is 27.9 Å². The quantitative estimate of drug-likeness (QED) is 0.788. The van der Waals surface area contributed by atoms with E-state index < -0.39 is 18.1 Å². The van der Waals surface area contributed by atoms with E-state index in [0.29, 0.717) is 0 Å². The Morgan fingerprint density at radius 2 is 1.82 bits per heavy atom. The second-order valence-electron chi connectivity index (χ2n) is 2.39. The van der Waals surface area contributed by atoms with E-state index in [0.717, 1.165) is 0 Å². The van der Waals surface area contributed by atoms with Crippen LogP contribution in [0.3, 0.4) is 0 Å². The van der Waals surface area contributed by atoms with Crippen molar-refractivity contribution in [1.29, 1.82) is 0 Å². The smallest absolute Gasteiger partial charge is 0.475 e. The van der Waals surface area contributed by atoms with Crippen molar-refractivity contribution in [2.24, 2.45) is 5.73 Å². The third kappa shape index (κ3) is 6.30. The highest BCUT2D eigenvalue weighted by Crippen LogP contribution is 2.13. The van der Waals surface area contributed by atoms with Gasteiger partial charge < -0.3 is 10.8 Å². The fourth-order valence-electron chi connectivity index (χ4n) is 0.461. The maximum atomic E-state index is 10.6. The number of amides is 1. The molecule has 0 radical (unpaired) electrons. The summed E-state index contributed by atoms with van der Waals surface area (Å²) in [5.74, 6) is -3.39. The van der Waals surface area contributed by atoms with Gasteiger partial charge in [-0.1, -0.05) is 11.6 Å². The zero-order chi connectivity index (χ0) is 13.6. The Labute approximate surface area is 97.2 Å². The zero-order valence-corrected chi connectivity index (χ0v) is 8.66. The van der Waals surface area contributed by atoms with Crippen molar-refractivity contribution in [3.63, 3.8) is 0 Å². The van der Waals surface area contributed by atoms with Gasteiger partial charge in [0, 0.05) is 0 Å². The third-order valence-corrected chi connectivity index (χ3v) is 1.28. The number of aliphatic carboxylic acids is 1. The van der Waals surface area contributed by atoms with Crippen LogP contribution in [0, 0.1) is 0 Å². The molecule has 0 fully saturated rings. The number of nitrogens with two attached hydrogens (primary N) is 1. The van der Waals surface area contributed by atoms with Crippen LogP contribution in [0.4, 0.5) is 13.2 Å². The Morgan fingerprint density at radius 3 is 2.06 bits per heavy atom. The minimum Gasteiger partial charge on any atom is -0.475 e. The van der Waals surface area contributed by atoms with E-state index in [2.05, 4.69) is 9.97 Å². The van der Waals surface area contributed by atoms with E-state index in [9.17, 15) is 18.0 Å². The van der Waals surface area contributed by atoms with Crippen molar-refractivity contribution in [3.05, 3.63) is 23.2 Å². The van der Waals surface area contributed by atoms with Gasteiger partial charge in [-0.25, -0.2) is 9.78 Å². The Hall–Kier alpha value is -1.90. The van der Waals surface area contributed by atoms with Crippen LogP contribution in [-0.4, -0.2) is 33.1 Å². The van der Waals surface area contributed by atoms with Gasteiger partial charge in [-0.15, -0.1) is 0 Å². The minimum atomic E-state index is -5.08. The number of nitrogens with zero attached hydrogens (tertiary/aromatic N) is 2. The van der Waals surface area contributed by atoms with Crippen molar-refractivity contribution in [2.75, 3.05) is 0 Å². The van der Waals surface area contributed by atoms with Crippen molar-refractivity contribution >= 4 is 23.5 Å². The summed E-state index contributed by atoms with van der Waals surface area (Å²) in [7, 11) is 0. The summed E-state index contributed by atoms with van der Waals surface area (Å²) in [5.41, 5.74) is 4.96. The second kappa shape index (κ2) is 5.99. The topological polar surface area (TPSA) is 106 Å². The summed E-state index contributed by atoms with van der Waals surface area (Å²) >= 11 is 5.41. The first kappa shape index (κ1) is 15.1. The molecule has 1 aromatic heterocycles. The molecule has 6 nitrogen and oxygen atoms in total. The predicted molar refractivity (Wildman–Crippen MR) is 49.3 cm³/mol. The lowest BCUT2D eigenvalue weighted by Crippen LogP contribution is -2.21. The van der Waals surface area contributed by atoms with E-state index in [1.54, 1.807) is 0 Å². The predicted octanol–water partition coefficient (Wildman–Crippen LogP) is 0.862. The monoisotopic (exact) mass is 271 g/mol. The highest BCUT2D eigenvalue weighted by atomic mass is 35.5. The first-order valence-electron chi connectivity index (χ1n) is 3.72. The molecule has 1 amide bonds. The SMILES string of the molecule is NC(=O)c1cncc(Cl)n1.O=C(O)C(F)(F)F. The molecule has 0 aliphatic heterocycles. The molecule has 0 spiro atoms. The molecule has 10 heteroatoms. The molecule has 0 unspecified atom stereocenters. The number of hydrogen-bond acceptors (Lipinski definition) is 4. The number of carboxylic acids is 1. The molecule has 3 N–H and O–H groups in total. The molecule has 0 aliphatic carbocycles. The Morgan fingerprint density at radius 1 is 1.35 bits per heavy atom. The van der Waals surface area contributed by atoms with Crippen LogP contribution in [0.5, 0.6) is 0 Å². The number of carbonyl (C=O) groups excluding carboxylic acids is 1. The van der Waals surface area contributed by atoms with Gasteiger partial charge in [0.2, 0.25) is 0 Å². The highest BCUT2D eigenvalue weighted by molar-refractivity contribution is 6.29. The van der Waals surface area contributed by atoms with Crippen LogP contribution in [0.2, 0.25) is 5.15 Å². The number of primary amides is 1. The lowest BCUT2D eigenvalue weighted by Gasteiger charge is -1.93. The molecule has 0 aromatic carbocycles. The van der Waals surface area contributed by atoms with Gasteiger partial charge >= 0.3 is 12.1 Å². The standard InChI is InChI=1S/C5H4ClN3O.C2HF3O2/c6-4-2-8-1-3(9-4)5(7)10;3-2(4,5)1(6)7/h1-2H,(H2,7,10);(H,6,7). The summed E-state index contributed by atoms with van der Waals surface area (Å²) in [5, 5.41) is 7.29. The summed E-state index contributed by atoms with van der Waals surface area (Å²) in [6.45, 7) is 0. The van der Waals surface area contributed by atoms with Gasteiger partial charge in [0.05, 0.1) is 12.4 Å². The van der Waals surface area contributed by atoms with Crippen LogP contribution >= 0.6 is 11.6 Å². The molecule has 0 bridgehead atoms. The molecular formula is C7H5ClF3N3O3. The first-order chi connectivity index (χ1) is 7.64. The number of carboxylic acid groups (broad SMARTS) is 1. The average Bonchev–Trinajstić information content (AvgIpc) is 2.17. The average molecular weight is 272 g/mol. The van der Waals surface area contributed by atoms with E-state index in [4.69, 9.17) is 27.2 Å². The van der Waals surface area contributed by atoms with Crippen molar-refractivity contribution in [1.82, 2.24) is 9.97 Å². The lowest BCUT2D eigenvalue weighted by atomic mass is 10.4. The van der Waals surface area contributed by atoms with E-state index >= 15 is 0 Å². The van der Waals surface area contributed by atoms with Gasteiger partial charge in [0.15, 0.2) is 0 Å². The van der Waals surface area contributed by atoms with Gasteiger partial charge in [-0.05, 0) is 0 Å². The molecule has 0 atom stereocenters. The molecule has 1 aromatic rings. The molecule has 94 valence electrons. The van der Waals surface area contributed by atoms with Crippen LogP contribution in [0.1, 0.15) is 10.5 Å². The maximum Gasteiger partial charge on any atom is 0.490 e. The number of aromatic nitrogens is 2. The van der Waals surface area contributed by atoms with E-state index in [-0.39, 0.29) is 10.8 Å². The van der Waals surface area contributed by atoms with E-state index in [1.807, 2.05) is 0 Å². The van der Waals surface area contributed by atoms with Gasteiger partial charge in [0.25, 0.3) is 5.91 Å². The number of hydrogen-bond donors (Lipinski definition) is 2. The Balaban J connectivity index is 0.000000325. The summed E-state index contributed by atoms with van der Waals surface area (Å²) < 4.78 is 31.7. The molecule has 0 aliphatic rings. The summed E-state index contributed by atoms with van der Waals surface area (Å²) in [6.07, 6.45) is -2.50. The van der Waals surface area contributed by atoms with Gasteiger partial charge in [-0.3, -0.25) is 9.78 Å². The third-order valence-electron chi connectivity index (χ3n) is 1.10. The van der Waals surface area contributed by atoms with Crippen LogP contribution < -0.4 is 5.73 Å². The number of alkyl halides is 3. The number of carbonyl (C=O) groups is 2. The van der Waals surface area contributed by atoms with Crippen molar-refractivity contribution in [3.8, 4) is 0 Å². The van der Waals surface area contributed by atoms with Crippen LogP contribution in [0.15, 0.2) is 12.4 Å². The Bertz CT molecular complexity index is 424. The molecule has 1 rings (SSSR count). The number of halogens is 4. The number of rotatable bonds is 1. The fourth-order valence-corrected chi connectivity index (χ4v) is 0.608. The summed E-state index contributed by atoms with van der Waals surface area (Å²) in [4.78, 5) is 26.5. The van der Waals surface area contributed by atoms with Crippen molar-refractivity contribution in [2.45, 2.75) is 6.18 Å². The normalized spacial score (nSPS) is 10.1. The zero-order valence-electron chi connectivity index (χ0n) is 7.90. The molecular weight excluding hydrogens is 267 g/mol.